The zero-order chi connectivity index (χ0) is 50.4. The topological polar surface area (TPSA) is 11.4 Å². The number of hydrogen-bond donors (Lipinski definition) is 0. The summed E-state index contributed by atoms with van der Waals surface area (Å²) in [6.45, 7) is 0. The van der Waals surface area contributed by atoms with E-state index in [1.165, 1.54) is 55.2 Å². The van der Waals surface area contributed by atoms with Gasteiger partial charge >= 0.3 is 0 Å². The fourth-order valence-electron chi connectivity index (χ4n) is 12.1. The van der Waals surface area contributed by atoms with Gasteiger partial charge in [-0.1, -0.05) is 224 Å². The summed E-state index contributed by atoms with van der Waals surface area (Å²) in [6.07, 6.45) is 0. The molecule has 0 bridgehead atoms. The second-order valence-corrected chi connectivity index (χ2v) is 19.6. The number of fused-ring (bicyclic) bond motifs is 5. The minimum absolute atomic E-state index is 0.607. The zero-order valence-corrected chi connectivity index (χ0v) is 41.8. The minimum Gasteiger partial charge on any atom is -0.310 e. The first-order chi connectivity index (χ1) is 37.7. The molecule has 76 heavy (non-hydrogen) atoms. The van der Waals surface area contributed by atoms with Crippen LogP contribution < -0.4 is 9.80 Å². The van der Waals surface area contributed by atoms with E-state index < -0.39 is 5.41 Å². The van der Waals surface area contributed by atoms with Crippen molar-refractivity contribution in [3.63, 3.8) is 0 Å². The van der Waals surface area contributed by atoms with Crippen LogP contribution in [0.15, 0.2) is 309 Å². The maximum absolute atomic E-state index is 2.47. The van der Waals surface area contributed by atoms with E-state index in [-0.39, 0.29) is 0 Å². The molecule has 0 saturated heterocycles. The second kappa shape index (κ2) is 18.8. The van der Waals surface area contributed by atoms with Gasteiger partial charge in [-0.3, -0.25) is 0 Å². The SMILES string of the molecule is c1ccc(-c2ccc(N(c3cccc(-c4ccc5c(c4)c4ccccc4n5-c4ccccc4)c3)c3ccccc3-c3ccc4c(c3)N(c3ccccc3)c3ccccc3C4(c3ccccc3)c3ccccc3)cc2)cc1. The fourth-order valence-corrected chi connectivity index (χ4v) is 12.1. The Balaban J connectivity index is 0.965. The summed E-state index contributed by atoms with van der Waals surface area (Å²) < 4.78 is 2.38. The van der Waals surface area contributed by atoms with Gasteiger partial charge in [0.1, 0.15) is 0 Å². The summed E-state index contributed by atoms with van der Waals surface area (Å²) in [5, 5.41) is 2.46. The van der Waals surface area contributed by atoms with Crippen molar-refractivity contribution in [2.45, 2.75) is 5.41 Å². The lowest BCUT2D eigenvalue weighted by Crippen LogP contribution is -2.37. The van der Waals surface area contributed by atoms with Gasteiger partial charge in [-0.15, -0.1) is 0 Å². The molecule has 2 heterocycles. The number of aromatic nitrogens is 1. The Morgan fingerprint density at radius 3 is 1.55 bits per heavy atom. The lowest BCUT2D eigenvalue weighted by Gasteiger charge is -2.46. The van der Waals surface area contributed by atoms with Crippen molar-refractivity contribution in [1.29, 1.82) is 0 Å². The van der Waals surface area contributed by atoms with Gasteiger partial charge in [-0.2, -0.15) is 0 Å². The molecule has 0 radical (unpaired) electrons. The molecular weight excluding hydrogens is 919 g/mol. The van der Waals surface area contributed by atoms with Crippen LogP contribution in [0.4, 0.5) is 34.1 Å². The van der Waals surface area contributed by atoms with E-state index in [4.69, 9.17) is 0 Å². The summed E-state index contributed by atoms with van der Waals surface area (Å²) in [6, 6.07) is 113. The maximum atomic E-state index is 2.47. The van der Waals surface area contributed by atoms with Crippen LogP contribution in [0.3, 0.4) is 0 Å². The van der Waals surface area contributed by atoms with Gasteiger partial charge in [0.25, 0.3) is 0 Å². The van der Waals surface area contributed by atoms with Crippen molar-refractivity contribution in [2.24, 2.45) is 0 Å². The minimum atomic E-state index is -0.607. The number of nitrogens with zero attached hydrogens (tertiary/aromatic N) is 3. The molecule has 358 valence electrons. The summed E-state index contributed by atoms with van der Waals surface area (Å²) >= 11 is 0. The highest BCUT2D eigenvalue weighted by Crippen LogP contribution is 2.58. The van der Waals surface area contributed by atoms with Crippen LogP contribution in [-0.4, -0.2) is 4.57 Å². The normalized spacial score (nSPS) is 12.6. The van der Waals surface area contributed by atoms with Gasteiger partial charge in [0.05, 0.1) is 33.5 Å². The highest BCUT2D eigenvalue weighted by molar-refractivity contribution is 6.10. The van der Waals surface area contributed by atoms with Crippen molar-refractivity contribution in [3.8, 4) is 39.1 Å². The molecule has 3 heteroatoms. The Hall–Kier alpha value is -9.96. The van der Waals surface area contributed by atoms with Crippen LogP contribution in [0.5, 0.6) is 0 Å². The van der Waals surface area contributed by atoms with Crippen molar-refractivity contribution in [1.82, 2.24) is 4.57 Å². The van der Waals surface area contributed by atoms with Gasteiger partial charge in [0, 0.05) is 39.1 Å². The molecule has 0 N–H and O–H groups in total. The van der Waals surface area contributed by atoms with Gasteiger partial charge in [0.2, 0.25) is 0 Å². The molecule has 0 fully saturated rings. The molecule has 12 aromatic carbocycles. The van der Waals surface area contributed by atoms with Crippen LogP contribution in [0.1, 0.15) is 22.3 Å². The third-order valence-electron chi connectivity index (χ3n) is 15.4. The predicted octanol–water partition coefficient (Wildman–Crippen LogP) is 19.4. The molecular formula is C73H51N3. The van der Waals surface area contributed by atoms with Gasteiger partial charge in [0.15, 0.2) is 0 Å². The largest absolute Gasteiger partial charge is 0.310 e. The Bertz CT molecular complexity index is 4170. The van der Waals surface area contributed by atoms with Crippen molar-refractivity contribution in [3.05, 3.63) is 332 Å². The van der Waals surface area contributed by atoms with Crippen LogP contribution >= 0.6 is 0 Å². The van der Waals surface area contributed by atoms with E-state index >= 15 is 0 Å². The van der Waals surface area contributed by atoms with Gasteiger partial charge < -0.3 is 14.4 Å². The Morgan fingerprint density at radius 1 is 0.289 bits per heavy atom. The highest BCUT2D eigenvalue weighted by Gasteiger charge is 2.46. The molecule has 1 aliphatic heterocycles. The first kappa shape index (κ1) is 44.7. The Kier molecular flexibility index (Phi) is 11.1. The van der Waals surface area contributed by atoms with Crippen molar-refractivity contribution >= 4 is 55.9 Å². The summed E-state index contributed by atoms with van der Waals surface area (Å²) in [5.41, 5.74) is 21.3. The van der Waals surface area contributed by atoms with Crippen LogP contribution in [0.2, 0.25) is 0 Å². The van der Waals surface area contributed by atoms with E-state index in [2.05, 4.69) is 324 Å². The Morgan fingerprint density at radius 2 is 0.816 bits per heavy atom. The number of anilines is 6. The van der Waals surface area contributed by atoms with E-state index in [1.807, 2.05) is 0 Å². The smallest absolute Gasteiger partial charge is 0.0742 e. The first-order valence-electron chi connectivity index (χ1n) is 26.2. The third kappa shape index (κ3) is 7.43. The van der Waals surface area contributed by atoms with Crippen LogP contribution in [-0.2, 0) is 5.41 Å². The number of hydrogen-bond acceptors (Lipinski definition) is 2. The van der Waals surface area contributed by atoms with E-state index in [0.29, 0.717) is 0 Å². The molecule has 14 rings (SSSR count). The van der Waals surface area contributed by atoms with Gasteiger partial charge in [-0.25, -0.2) is 0 Å². The highest BCUT2D eigenvalue weighted by atomic mass is 15.2. The molecule has 0 spiro atoms. The molecule has 1 aromatic heterocycles. The van der Waals surface area contributed by atoms with E-state index in [1.54, 1.807) is 0 Å². The monoisotopic (exact) mass is 969 g/mol. The van der Waals surface area contributed by atoms with Crippen LogP contribution in [0, 0.1) is 0 Å². The molecule has 0 amide bonds. The fraction of sp³-hybridized carbons (Fsp3) is 0.0137. The predicted molar refractivity (Wildman–Crippen MR) is 318 cm³/mol. The summed E-state index contributed by atoms with van der Waals surface area (Å²) in [7, 11) is 0. The molecule has 0 unspecified atom stereocenters. The molecule has 13 aromatic rings. The lowest BCUT2D eigenvalue weighted by molar-refractivity contribution is 0.731. The number of para-hydroxylation sites is 5. The van der Waals surface area contributed by atoms with Crippen molar-refractivity contribution < 1.29 is 0 Å². The lowest BCUT2D eigenvalue weighted by atomic mass is 9.62. The molecule has 0 aliphatic carbocycles. The molecule has 3 nitrogen and oxygen atoms in total. The van der Waals surface area contributed by atoms with Gasteiger partial charge in [-0.05, 0) is 135 Å². The molecule has 0 atom stereocenters. The van der Waals surface area contributed by atoms with E-state index in [9.17, 15) is 0 Å². The quantitative estimate of drug-likeness (QED) is 0.135. The zero-order valence-electron chi connectivity index (χ0n) is 41.8. The standard InChI is InChI=1S/C73H51N3/c1-6-23-52(24-7-1)53-41-45-61(46-42-53)74(62-34-22-25-54(49-62)55-44-48-70-65(50-55)64-36-17-20-39-69(64)75(70)59-30-12-4-13-31-59)68-38-19-16-35-63(68)56-43-47-67-72(51-56)76(60-32-14-5-15-33-60)71-40-21-18-37-66(71)73(67,57-26-8-2-9-27-57)58-28-10-3-11-29-58/h1-51H. The summed E-state index contributed by atoms with van der Waals surface area (Å²) in [5.74, 6) is 0. The Labute approximate surface area is 444 Å². The number of benzene rings is 12. The average molecular weight is 970 g/mol. The van der Waals surface area contributed by atoms with Crippen molar-refractivity contribution in [2.75, 3.05) is 9.80 Å². The first-order valence-corrected chi connectivity index (χ1v) is 26.2. The number of rotatable bonds is 10. The van der Waals surface area contributed by atoms with Crippen LogP contribution in [0.25, 0.3) is 60.9 Å². The molecule has 1 aliphatic rings. The second-order valence-electron chi connectivity index (χ2n) is 19.6. The third-order valence-corrected chi connectivity index (χ3v) is 15.4. The van der Waals surface area contributed by atoms with E-state index in [0.717, 1.165) is 62.1 Å². The molecule has 0 saturated carbocycles. The maximum Gasteiger partial charge on any atom is 0.0742 e. The summed E-state index contributed by atoms with van der Waals surface area (Å²) in [4.78, 5) is 4.91. The average Bonchev–Trinajstić information content (AvgIpc) is 3.99.